The Kier molecular flexibility index (Phi) is 2.61. The summed E-state index contributed by atoms with van der Waals surface area (Å²) >= 11 is 0. The van der Waals surface area contributed by atoms with Crippen molar-refractivity contribution in [2.75, 3.05) is 19.8 Å². The van der Waals surface area contributed by atoms with E-state index >= 15 is 0 Å². The summed E-state index contributed by atoms with van der Waals surface area (Å²) in [4.78, 5) is 0. The first-order valence-electron chi connectivity index (χ1n) is 5.49. The number of nitrogens with one attached hydrogen (secondary N) is 1. The number of hydrogen-bond acceptors (Lipinski definition) is 2. The maximum Gasteiger partial charge on any atom is 0.0619 e. The molecule has 2 heteroatoms. The molecule has 2 unspecified atom stereocenters. The largest absolute Gasteiger partial charge is 0.380 e. The highest BCUT2D eigenvalue weighted by Crippen LogP contribution is 2.51. The smallest absolute Gasteiger partial charge is 0.0619 e. The predicted octanol–water partition coefficient (Wildman–Crippen LogP) is 1.80. The van der Waals surface area contributed by atoms with E-state index in [0.29, 0.717) is 11.5 Å². The van der Waals surface area contributed by atoms with E-state index < -0.39 is 0 Å². The van der Waals surface area contributed by atoms with Gasteiger partial charge >= 0.3 is 0 Å². The topological polar surface area (TPSA) is 21.3 Å². The van der Waals surface area contributed by atoms with E-state index in [1.54, 1.807) is 0 Å². The Morgan fingerprint density at radius 2 is 2.23 bits per heavy atom. The Hall–Kier alpha value is -0.0800. The third kappa shape index (κ3) is 2.44. The van der Waals surface area contributed by atoms with Crippen LogP contribution in [0.25, 0.3) is 0 Å². The molecule has 1 saturated carbocycles. The van der Waals surface area contributed by atoms with Gasteiger partial charge in [-0.05, 0) is 37.1 Å². The van der Waals surface area contributed by atoms with Crippen LogP contribution in [0.4, 0.5) is 0 Å². The molecular formula is C11H21NO. The van der Waals surface area contributed by atoms with Crippen molar-refractivity contribution in [3.8, 4) is 0 Å². The molecule has 1 aliphatic carbocycles. The molecule has 0 spiro atoms. The minimum absolute atomic E-state index is 0.614. The van der Waals surface area contributed by atoms with Gasteiger partial charge in [-0.3, -0.25) is 0 Å². The lowest BCUT2D eigenvalue weighted by Gasteiger charge is -2.23. The first-order chi connectivity index (χ1) is 6.18. The summed E-state index contributed by atoms with van der Waals surface area (Å²) in [7, 11) is 0. The number of hydrogen-bond donors (Lipinski definition) is 1. The first-order valence-corrected chi connectivity index (χ1v) is 5.49. The molecule has 2 aliphatic rings. The second-order valence-electron chi connectivity index (χ2n) is 5.21. The van der Waals surface area contributed by atoms with Crippen molar-refractivity contribution in [1.29, 1.82) is 0 Å². The van der Waals surface area contributed by atoms with Crippen molar-refractivity contribution < 1.29 is 4.74 Å². The third-order valence-electron chi connectivity index (χ3n) is 3.53. The van der Waals surface area contributed by atoms with Crippen LogP contribution in [0, 0.1) is 11.3 Å². The lowest BCUT2D eigenvalue weighted by molar-refractivity contribution is 0.0699. The fraction of sp³-hybridized carbons (Fsp3) is 1.00. The molecule has 2 fully saturated rings. The van der Waals surface area contributed by atoms with E-state index in [9.17, 15) is 0 Å². The molecule has 2 rings (SSSR count). The van der Waals surface area contributed by atoms with Gasteiger partial charge in [0.15, 0.2) is 0 Å². The molecule has 0 aromatic carbocycles. The van der Waals surface area contributed by atoms with Gasteiger partial charge in [0.1, 0.15) is 0 Å². The van der Waals surface area contributed by atoms with Crippen molar-refractivity contribution in [1.82, 2.24) is 5.32 Å². The van der Waals surface area contributed by atoms with Crippen LogP contribution in [0.15, 0.2) is 0 Å². The molecule has 0 aromatic heterocycles. The summed E-state index contributed by atoms with van der Waals surface area (Å²) in [6.45, 7) is 7.80. The van der Waals surface area contributed by atoms with E-state index in [1.807, 2.05) is 0 Å². The van der Waals surface area contributed by atoms with Crippen molar-refractivity contribution >= 4 is 0 Å². The Morgan fingerprint density at radius 3 is 2.77 bits per heavy atom. The fourth-order valence-corrected chi connectivity index (χ4v) is 2.14. The lowest BCUT2D eigenvalue weighted by Crippen LogP contribution is -2.38. The molecule has 13 heavy (non-hydrogen) atoms. The van der Waals surface area contributed by atoms with Crippen molar-refractivity contribution in [3.63, 3.8) is 0 Å². The summed E-state index contributed by atoms with van der Waals surface area (Å²) in [6, 6.07) is 0.630. The highest BCUT2D eigenvalue weighted by Gasteiger charge is 2.45. The molecule has 2 atom stereocenters. The number of rotatable bonds is 3. The van der Waals surface area contributed by atoms with Crippen molar-refractivity contribution in [2.45, 2.75) is 39.2 Å². The van der Waals surface area contributed by atoms with Gasteiger partial charge in [-0.2, -0.15) is 0 Å². The van der Waals surface area contributed by atoms with Gasteiger partial charge in [-0.15, -0.1) is 0 Å². The summed E-state index contributed by atoms with van der Waals surface area (Å²) < 4.78 is 5.42. The van der Waals surface area contributed by atoms with Gasteiger partial charge in [0.2, 0.25) is 0 Å². The van der Waals surface area contributed by atoms with Gasteiger partial charge in [-0.1, -0.05) is 13.8 Å². The molecule has 0 aromatic rings. The normalized spacial score (nSPS) is 37.4. The van der Waals surface area contributed by atoms with Crippen LogP contribution < -0.4 is 5.32 Å². The Bertz CT molecular complexity index is 173. The van der Waals surface area contributed by atoms with Gasteiger partial charge < -0.3 is 10.1 Å². The van der Waals surface area contributed by atoms with Crippen molar-refractivity contribution in [2.24, 2.45) is 11.3 Å². The molecular weight excluding hydrogens is 162 g/mol. The second-order valence-corrected chi connectivity index (χ2v) is 5.21. The maximum absolute atomic E-state index is 5.42. The van der Waals surface area contributed by atoms with E-state index in [-0.39, 0.29) is 0 Å². The van der Waals surface area contributed by atoms with Crippen LogP contribution >= 0.6 is 0 Å². The number of ether oxygens (including phenoxy) is 1. The van der Waals surface area contributed by atoms with Gasteiger partial charge in [0.05, 0.1) is 6.61 Å². The predicted molar refractivity (Wildman–Crippen MR) is 53.7 cm³/mol. The molecule has 1 heterocycles. The molecule has 1 saturated heterocycles. The summed E-state index contributed by atoms with van der Waals surface area (Å²) in [6.07, 6.45) is 3.92. The molecule has 1 N–H and O–H groups in total. The van der Waals surface area contributed by atoms with Crippen LogP contribution in [0.3, 0.4) is 0 Å². The fourth-order valence-electron chi connectivity index (χ4n) is 2.14. The average Bonchev–Trinajstić information content (AvgIpc) is 2.73. The van der Waals surface area contributed by atoms with E-state index in [4.69, 9.17) is 4.74 Å². The first kappa shape index (κ1) is 9.47. The standard InChI is InChI=1S/C11H21NO/c1-11(2)6-9(11)7-12-10-4-3-5-13-8-10/h9-10,12H,3-8H2,1-2H3. The summed E-state index contributed by atoms with van der Waals surface area (Å²) in [5.41, 5.74) is 0.614. The second kappa shape index (κ2) is 3.58. The Balaban J connectivity index is 1.62. The average molecular weight is 183 g/mol. The molecule has 0 radical (unpaired) electrons. The van der Waals surface area contributed by atoms with Crippen LogP contribution in [-0.4, -0.2) is 25.8 Å². The lowest BCUT2D eigenvalue weighted by atomic mass is 10.1. The van der Waals surface area contributed by atoms with Gasteiger partial charge in [0, 0.05) is 12.6 Å². The molecule has 76 valence electrons. The minimum atomic E-state index is 0.614. The highest BCUT2D eigenvalue weighted by atomic mass is 16.5. The Morgan fingerprint density at radius 1 is 1.46 bits per heavy atom. The van der Waals surface area contributed by atoms with Gasteiger partial charge in [0.25, 0.3) is 0 Å². The van der Waals surface area contributed by atoms with Crippen molar-refractivity contribution in [3.05, 3.63) is 0 Å². The SMILES string of the molecule is CC1(C)CC1CNC1CCCOC1. The van der Waals surface area contributed by atoms with E-state index in [2.05, 4.69) is 19.2 Å². The van der Waals surface area contributed by atoms with Crippen LogP contribution in [0.1, 0.15) is 33.1 Å². The zero-order valence-electron chi connectivity index (χ0n) is 8.81. The molecule has 1 aliphatic heterocycles. The quantitative estimate of drug-likeness (QED) is 0.720. The van der Waals surface area contributed by atoms with E-state index in [0.717, 1.165) is 19.1 Å². The maximum atomic E-state index is 5.42. The Labute approximate surface area is 81.0 Å². The van der Waals surface area contributed by atoms with Crippen LogP contribution in [0.5, 0.6) is 0 Å². The van der Waals surface area contributed by atoms with Gasteiger partial charge in [-0.25, -0.2) is 0 Å². The monoisotopic (exact) mass is 183 g/mol. The summed E-state index contributed by atoms with van der Waals surface area (Å²) in [5.74, 6) is 0.912. The minimum Gasteiger partial charge on any atom is -0.380 e. The van der Waals surface area contributed by atoms with Crippen LogP contribution in [-0.2, 0) is 4.74 Å². The molecule has 0 amide bonds. The zero-order valence-corrected chi connectivity index (χ0v) is 8.81. The molecule has 0 bridgehead atoms. The zero-order chi connectivity index (χ0) is 9.31. The van der Waals surface area contributed by atoms with Crippen LogP contribution in [0.2, 0.25) is 0 Å². The third-order valence-corrected chi connectivity index (χ3v) is 3.53. The highest BCUT2D eigenvalue weighted by molar-refractivity contribution is 4.96. The molecule has 2 nitrogen and oxygen atoms in total. The van der Waals surface area contributed by atoms with E-state index in [1.165, 1.54) is 25.8 Å². The summed E-state index contributed by atoms with van der Waals surface area (Å²) in [5, 5.41) is 3.61.